The maximum Gasteiger partial charge on any atom is 0.249 e. The van der Waals surface area contributed by atoms with Gasteiger partial charge in [-0.3, -0.25) is 0 Å². The van der Waals surface area contributed by atoms with Crippen LogP contribution in [0.25, 0.3) is 0 Å². The first-order chi connectivity index (χ1) is 8.78. The Hall–Kier alpha value is -2.17. The molecular weight excluding hydrogens is 226 g/mol. The van der Waals surface area contributed by atoms with E-state index >= 15 is 0 Å². The highest BCUT2D eigenvalue weighted by molar-refractivity contribution is 5.54. The fraction of sp³-hybridized carbons (Fsp3) is 0.308. The summed E-state index contributed by atoms with van der Waals surface area (Å²) >= 11 is 0. The van der Waals surface area contributed by atoms with E-state index in [1.165, 1.54) is 5.56 Å². The van der Waals surface area contributed by atoms with Gasteiger partial charge >= 0.3 is 0 Å². The summed E-state index contributed by atoms with van der Waals surface area (Å²) in [5, 5.41) is 14.2. The summed E-state index contributed by atoms with van der Waals surface area (Å²) in [6.07, 6.45) is 2.67. The van der Waals surface area contributed by atoms with Crippen LogP contribution in [-0.2, 0) is 0 Å². The quantitative estimate of drug-likeness (QED) is 0.845. The number of aryl methyl sites for hydroxylation is 1. The third-order valence-electron chi connectivity index (χ3n) is 2.42. The number of hydrogen-bond acceptors (Lipinski definition) is 5. The molecule has 1 heterocycles. The van der Waals surface area contributed by atoms with Gasteiger partial charge in [0.25, 0.3) is 0 Å². The van der Waals surface area contributed by atoms with Crippen LogP contribution in [0.3, 0.4) is 0 Å². The third-order valence-corrected chi connectivity index (χ3v) is 2.42. The molecule has 2 aromatic rings. The standard InChI is InChI=1S/C13H17N5/c1-3-8-14-12-9-15-18-13(17-12)16-11-6-4-10(2)5-7-11/h4-7,9H,3,8H2,1-2H3,(H2,14,16,17,18). The van der Waals surface area contributed by atoms with E-state index in [1.807, 2.05) is 24.3 Å². The molecule has 0 bridgehead atoms. The number of benzene rings is 1. The highest BCUT2D eigenvalue weighted by atomic mass is 15.3. The predicted molar refractivity (Wildman–Crippen MR) is 73.1 cm³/mol. The Morgan fingerprint density at radius 2 is 1.94 bits per heavy atom. The van der Waals surface area contributed by atoms with Crippen LogP contribution < -0.4 is 10.6 Å². The largest absolute Gasteiger partial charge is 0.369 e. The van der Waals surface area contributed by atoms with Crippen molar-refractivity contribution in [1.29, 1.82) is 0 Å². The number of aromatic nitrogens is 3. The molecule has 18 heavy (non-hydrogen) atoms. The average Bonchev–Trinajstić information content (AvgIpc) is 2.40. The van der Waals surface area contributed by atoms with Crippen LogP contribution in [-0.4, -0.2) is 21.7 Å². The molecule has 0 saturated carbocycles. The number of rotatable bonds is 5. The molecule has 0 aliphatic rings. The topological polar surface area (TPSA) is 62.7 Å². The molecule has 0 amide bonds. The second-order valence-electron chi connectivity index (χ2n) is 4.08. The lowest BCUT2D eigenvalue weighted by Crippen LogP contribution is -2.06. The minimum absolute atomic E-state index is 0.500. The Morgan fingerprint density at radius 3 is 2.67 bits per heavy atom. The minimum atomic E-state index is 0.500. The smallest absolute Gasteiger partial charge is 0.249 e. The minimum Gasteiger partial charge on any atom is -0.369 e. The van der Waals surface area contributed by atoms with Gasteiger partial charge in [-0.25, -0.2) is 0 Å². The Morgan fingerprint density at radius 1 is 1.17 bits per heavy atom. The Kier molecular flexibility index (Phi) is 4.06. The van der Waals surface area contributed by atoms with Gasteiger partial charge in [-0.15, -0.1) is 5.10 Å². The van der Waals surface area contributed by atoms with Gasteiger partial charge in [-0.05, 0) is 25.5 Å². The van der Waals surface area contributed by atoms with E-state index in [0.717, 1.165) is 24.5 Å². The lowest BCUT2D eigenvalue weighted by atomic mass is 10.2. The fourth-order valence-electron chi connectivity index (χ4n) is 1.46. The van der Waals surface area contributed by atoms with E-state index in [1.54, 1.807) is 6.20 Å². The van der Waals surface area contributed by atoms with E-state index in [-0.39, 0.29) is 0 Å². The molecule has 1 aromatic carbocycles. The molecular formula is C13H17N5. The summed E-state index contributed by atoms with van der Waals surface area (Å²) < 4.78 is 0. The van der Waals surface area contributed by atoms with Crippen LogP contribution in [0, 0.1) is 6.92 Å². The van der Waals surface area contributed by atoms with E-state index < -0.39 is 0 Å². The van der Waals surface area contributed by atoms with Gasteiger partial charge in [-0.2, -0.15) is 10.1 Å². The third kappa shape index (κ3) is 3.41. The van der Waals surface area contributed by atoms with Crippen molar-refractivity contribution in [2.24, 2.45) is 0 Å². The van der Waals surface area contributed by atoms with Crippen LogP contribution in [0.4, 0.5) is 17.5 Å². The molecule has 5 heteroatoms. The second-order valence-corrected chi connectivity index (χ2v) is 4.08. The lowest BCUT2D eigenvalue weighted by Gasteiger charge is -2.06. The van der Waals surface area contributed by atoms with Gasteiger partial charge in [0.15, 0.2) is 5.82 Å². The monoisotopic (exact) mass is 243 g/mol. The Balaban J connectivity index is 2.06. The van der Waals surface area contributed by atoms with Crippen LogP contribution in [0.2, 0.25) is 0 Å². The summed E-state index contributed by atoms with van der Waals surface area (Å²) in [5.74, 6) is 1.24. The first kappa shape index (κ1) is 12.3. The van der Waals surface area contributed by atoms with Crippen molar-refractivity contribution in [2.45, 2.75) is 20.3 Å². The highest BCUT2D eigenvalue weighted by Crippen LogP contribution is 2.13. The molecule has 2 N–H and O–H groups in total. The van der Waals surface area contributed by atoms with Gasteiger partial charge in [0.1, 0.15) is 0 Å². The molecule has 0 radical (unpaired) electrons. The van der Waals surface area contributed by atoms with Crippen LogP contribution >= 0.6 is 0 Å². The van der Waals surface area contributed by atoms with E-state index in [0.29, 0.717) is 5.95 Å². The summed E-state index contributed by atoms with van der Waals surface area (Å²) in [6.45, 7) is 5.03. The van der Waals surface area contributed by atoms with Gasteiger partial charge < -0.3 is 10.6 Å². The summed E-state index contributed by atoms with van der Waals surface area (Å²) in [5.41, 5.74) is 2.17. The number of hydrogen-bond donors (Lipinski definition) is 2. The first-order valence-electron chi connectivity index (χ1n) is 6.05. The van der Waals surface area contributed by atoms with Gasteiger partial charge in [0.2, 0.25) is 5.95 Å². The van der Waals surface area contributed by atoms with Crippen molar-refractivity contribution in [2.75, 3.05) is 17.2 Å². The molecule has 0 atom stereocenters. The van der Waals surface area contributed by atoms with Gasteiger partial charge in [0, 0.05) is 12.2 Å². The van der Waals surface area contributed by atoms with Crippen molar-refractivity contribution in [3.05, 3.63) is 36.0 Å². The normalized spacial score (nSPS) is 10.1. The van der Waals surface area contributed by atoms with Gasteiger partial charge in [-0.1, -0.05) is 24.6 Å². The maximum atomic E-state index is 4.33. The fourth-order valence-corrected chi connectivity index (χ4v) is 1.46. The number of anilines is 3. The molecule has 2 rings (SSSR count). The zero-order valence-electron chi connectivity index (χ0n) is 10.6. The zero-order valence-corrected chi connectivity index (χ0v) is 10.6. The summed E-state index contributed by atoms with van der Waals surface area (Å²) in [4.78, 5) is 4.33. The molecule has 0 unspecified atom stereocenters. The van der Waals surface area contributed by atoms with Crippen molar-refractivity contribution < 1.29 is 0 Å². The van der Waals surface area contributed by atoms with Crippen molar-refractivity contribution in [1.82, 2.24) is 15.2 Å². The van der Waals surface area contributed by atoms with E-state index in [2.05, 4.69) is 39.7 Å². The molecule has 0 saturated heterocycles. The lowest BCUT2D eigenvalue weighted by molar-refractivity contribution is 0.935. The van der Waals surface area contributed by atoms with Crippen molar-refractivity contribution in [3.8, 4) is 0 Å². The van der Waals surface area contributed by atoms with E-state index in [9.17, 15) is 0 Å². The molecule has 1 aromatic heterocycles. The Labute approximate surface area is 107 Å². The summed E-state index contributed by atoms with van der Waals surface area (Å²) in [6, 6.07) is 8.06. The van der Waals surface area contributed by atoms with Crippen LogP contribution in [0.5, 0.6) is 0 Å². The average molecular weight is 243 g/mol. The molecule has 0 aliphatic carbocycles. The SMILES string of the molecule is CCCNc1cnnc(Nc2ccc(C)cc2)n1. The molecule has 0 aliphatic heterocycles. The molecule has 0 fully saturated rings. The second kappa shape index (κ2) is 5.95. The van der Waals surface area contributed by atoms with Gasteiger partial charge in [0.05, 0.1) is 6.20 Å². The molecule has 94 valence electrons. The molecule has 5 nitrogen and oxygen atoms in total. The summed E-state index contributed by atoms with van der Waals surface area (Å²) in [7, 11) is 0. The first-order valence-corrected chi connectivity index (χ1v) is 6.05. The van der Waals surface area contributed by atoms with Crippen LogP contribution in [0.1, 0.15) is 18.9 Å². The van der Waals surface area contributed by atoms with Crippen molar-refractivity contribution in [3.63, 3.8) is 0 Å². The zero-order chi connectivity index (χ0) is 12.8. The highest BCUT2D eigenvalue weighted by Gasteiger charge is 2.00. The van der Waals surface area contributed by atoms with E-state index in [4.69, 9.17) is 0 Å². The predicted octanol–water partition coefficient (Wildman–Crippen LogP) is 2.75. The Bertz CT molecular complexity index is 495. The maximum absolute atomic E-state index is 4.33. The number of nitrogens with zero attached hydrogens (tertiary/aromatic N) is 3. The number of nitrogens with one attached hydrogen (secondary N) is 2. The molecule has 0 spiro atoms. The van der Waals surface area contributed by atoms with Crippen molar-refractivity contribution >= 4 is 17.5 Å². The van der Waals surface area contributed by atoms with Crippen LogP contribution in [0.15, 0.2) is 30.5 Å².